The van der Waals surface area contributed by atoms with Crippen molar-refractivity contribution in [3.05, 3.63) is 124 Å². The van der Waals surface area contributed by atoms with Gasteiger partial charge in [-0.1, -0.05) is 63.6 Å². The number of hydrogen-bond donors (Lipinski definition) is 2. The number of rotatable bonds is 10. The Kier molecular flexibility index (Phi) is 10.2. The molecule has 5 heterocycles. The van der Waals surface area contributed by atoms with Gasteiger partial charge in [0.1, 0.15) is 34.9 Å². The highest BCUT2D eigenvalue weighted by Gasteiger charge is 2.64. The number of halogens is 1. The minimum absolute atomic E-state index is 0.0680. The van der Waals surface area contributed by atoms with Crippen LogP contribution in [0, 0.1) is 22.2 Å². The number of fused-ring (bicyclic) bond motifs is 1. The van der Waals surface area contributed by atoms with Gasteiger partial charge in [-0.2, -0.15) is 5.26 Å². The van der Waals surface area contributed by atoms with Crippen molar-refractivity contribution >= 4 is 40.0 Å². The summed E-state index contributed by atoms with van der Waals surface area (Å²) in [5.74, 6) is 2.46. The highest BCUT2D eigenvalue weighted by Crippen LogP contribution is 2.55. The van der Waals surface area contributed by atoms with Gasteiger partial charge in [-0.25, -0.2) is 9.97 Å². The minimum atomic E-state index is -0.382. The zero-order valence-electron chi connectivity index (χ0n) is 34.9. The molecule has 3 aromatic heterocycles. The second-order valence-corrected chi connectivity index (χ2v) is 17.9. The number of nitrogens with one attached hydrogen (secondary N) is 2. The van der Waals surface area contributed by atoms with Gasteiger partial charge in [-0.3, -0.25) is 14.5 Å². The number of para-hydroxylation sites is 1. The summed E-state index contributed by atoms with van der Waals surface area (Å²) in [5.41, 5.74) is 3.50. The number of anilines is 2. The lowest BCUT2D eigenvalue weighted by Gasteiger charge is -2.63. The highest BCUT2D eigenvalue weighted by atomic mass is 35.5. The van der Waals surface area contributed by atoms with E-state index in [4.69, 9.17) is 21.1 Å². The Balaban J connectivity index is 0.767. The summed E-state index contributed by atoms with van der Waals surface area (Å²) in [5, 5.41) is 13.7. The first-order valence-electron chi connectivity index (χ1n) is 20.6. The number of amides is 1. The van der Waals surface area contributed by atoms with E-state index in [2.05, 4.69) is 80.9 Å². The lowest BCUT2D eigenvalue weighted by Crippen LogP contribution is -2.74. The Labute approximate surface area is 359 Å². The van der Waals surface area contributed by atoms with E-state index in [0.29, 0.717) is 39.4 Å². The van der Waals surface area contributed by atoms with E-state index < -0.39 is 0 Å². The number of carbonyl (C=O) groups excluding carboxylic acids is 1. The van der Waals surface area contributed by atoms with Gasteiger partial charge in [0.05, 0.1) is 16.1 Å². The van der Waals surface area contributed by atoms with E-state index in [0.717, 1.165) is 73.0 Å². The molecule has 0 radical (unpaired) electrons. The van der Waals surface area contributed by atoms with Crippen molar-refractivity contribution in [1.82, 2.24) is 29.7 Å². The monoisotopic (exact) mass is 837 g/mol. The zero-order valence-corrected chi connectivity index (χ0v) is 35.6. The maximum atomic E-state index is 13.5. The Hall–Kier alpha value is -6.36. The third-order valence-electron chi connectivity index (χ3n) is 12.8. The number of nitriles is 1. The summed E-state index contributed by atoms with van der Waals surface area (Å²) in [6.45, 7) is 13.5. The van der Waals surface area contributed by atoms with E-state index in [1.807, 2.05) is 48.7 Å². The maximum Gasteiger partial charge on any atom is 0.274 e. The number of aromatic nitrogens is 4. The predicted molar refractivity (Wildman–Crippen MR) is 237 cm³/mol. The summed E-state index contributed by atoms with van der Waals surface area (Å²) in [4.78, 5) is 45.6. The average molecular weight is 838 g/mol. The van der Waals surface area contributed by atoms with Crippen LogP contribution in [0.5, 0.6) is 17.2 Å². The van der Waals surface area contributed by atoms with Gasteiger partial charge in [0, 0.05) is 128 Å². The molecule has 3 aromatic carbocycles. The van der Waals surface area contributed by atoms with Gasteiger partial charge in [0.25, 0.3) is 11.5 Å². The lowest BCUT2D eigenvalue weighted by molar-refractivity contribution is -0.164. The van der Waals surface area contributed by atoms with Crippen LogP contribution in [0.3, 0.4) is 0 Å². The number of H-pyrrole nitrogens is 1. The fourth-order valence-electron chi connectivity index (χ4n) is 9.73. The first-order valence-corrected chi connectivity index (χ1v) is 21.0. The number of carbonyl (C=O) groups is 1. The molecule has 1 saturated carbocycles. The van der Waals surface area contributed by atoms with E-state index in [1.54, 1.807) is 48.4 Å². The molecule has 0 bridgehead atoms. The molecule has 13 nitrogen and oxygen atoms in total. The van der Waals surface area contributed by atoms with Gasteiger partial charge in [-0.05, 0) is 36.4 Å². The van der Waals surface area contributed by atoms with Crippen LogP contribution in [0.1, 0.15) is 43.6 Å². The number of aryl methyl sites for hydroxylation is 1. The van der Waals surface area contributed by atoms with Gasteiger partial charge >= 0.3 is 0 Å². The predicted octanol–water partition coefficient (Wildman–Crippen LogP) is 7.26. The number of hydrogen-bond acceptors (Lipinski definition) is 10. The molecule has 3 aliphatic rings. The topological polar surface area (TPSA) is 145 Å². The molecule has 0 atom stereocenters. The van der Waals surface area contributed by atoms with Crippen molar-refractivity contribution in [2.24, 2.45) is 17.9 Å². The van der Waals surface area contributed by atoms with Crippen LogP contribution in [-0.2, 0) is 7.05 Å². The highest BCUT2D eigenvalue weighted by molar-refractivity contribution is 6.31. The Bertz CT molecular complexity index is 2710. The molecule has 1 aliphatic carbocycles. The molecule has 2 saturated heterocycles. The molecule has 312 valence electrons. The third-order valence-corrected chi connectivity index (χ3v) is 13.1. The molecular formula is C47H48ClN9O4. The van der Waals surface area contributed by atoms with Crippen LogP contribution in [0.25, 0.3) is 22.0 Å². The third kappa shape index (κ3) is 7.34. The zero-order chi connectivity index (χ0) is 42.6. The number of pyridine rings is 1. The van der Waals surface area contributed by atoms with Crippen molar-refractivity contribution in [3.63, 3.8) is 0 Å². The van der Waals surface area contributed by atoms with E-state index in [-0.39, 0.29) is 34.4 Å². The fraction of sp³-hybridized carbons (Fsp3) is 0.340. The van der Waals surface area contributed by atoms with Crippen LogP contribution in [-0.4, -0.2) is 87.8 Å². The van der Waals surface area contributed by atoms with E-state index in [9.17, 15) is 14.9 Å². The molecule has 6 aromatic rings. The number of piperazine rings is 1. The second-order valence-electron chi connectivity index (χ2n) is 17.5. The summed E-state index contributed by atoms with van der Waals surface area (Å²) < 4.78 is 14.5. The quantitative estimate of drug-likeness (QED) is 0.145. The Morgan fingerprint density at radius 3 is 2.36 bits per heavy atom. The molecule has 14 heteroatoms. The lowest BCUT2D eigenvalue weighted by atomic mass is 9.49. The number of benzene rings is 3. The van der Waals surface area contributed by atoms with Crippen LogP contribution < -0.4 is 30.1 Å². The summed E-state index contributed by atoms with van der Waals surface area (Å²) >= 11 is 6.26. The molecule has 0 spiro atoms. The van der Waals surface area contributed by atoms with E-state index >= 15 is 0 Å². The van der Waals surface area contributed by atoms with Crippen LogP contribution >= 0.6 is 11.6 Å². The normalized spacial score (nSPS) is 19.8. The molecule has 1 amide bonds. The number of ether oxygens (including phenoxy) is 2. The second kappa shape index (κ2) is 15.6. The van der Waals surface area contributed by atoms with E-state index in [1.165, 1.54) is 0 Å². The largest absolute Gasteiger partial charge is 0.489 e. The summed E-state index contributed by atoms with van der Waals surface area (Å²) in [7, 11) is 1.76. The summed E-state index contributed by atoms with van der Waals surface area (Å²) in [6, 6.07) is 25.5. The summed E-state index contributed by atoms with van der Waals surface area (Å²) in [6.07, 6.45) is 6.68. The minimum Gasteiger partial charge on any atom is -0.489 e. The number of aromatic amines is 1. The van der Waals surface area contributed by atoms with Crippen LogP contribution in [0.15, 0.2) is 102 Å². The average Bonchev–Trinajstić information content (AvgIpc) is 3.74. The van der Waals surface area contributed by atoms with Gasteiger partial charge < -0.3 is 34.1 Å². The molecule has 2 N–H and O–H groups in total. The van der Waals surface area contributed by atoms with Crippen molar-refractivity contribution in [3.8, 4) is 34.4 Å². The van der Waals surface area contributed by atoms with Crippen molar-refractivity contribution in [2.45, 2.75) is 45.9 Å². The maximum absolute atomic E-state index is 13.5. The molecule has 3 fully saturated rings. The Morgan fingerprint density at radius 1 is 0.902 bits per heavy atom. The van der Waals surface area contributed by atoms with Crippen LogP contribution in [0.2, 0.25) is 5.02 Å². The van der Waals surface area contributed by atoms with Gasteiger partial charge in [0.15, 0.2) is 0 Å². The first-order chi connectivity index (χ1) is 29.3. The SMILES string of the molecule is Cn1cc(-c2ccccc2Oc2cccc(N3CC(N4CCN(c5ncc(C(=O)NC6C(C)(C)C(Oc7ccc(C#N)c(Cl)c7)C6(C)C)cn5)CC4)C3)c2)c2cc[nH]c2c1=O. The van der Waals surface area contributed by atoms with Crippen molar-refractivity contribution in [2.75, 3.05) is 49.1 Å². The first kappa shape index (κ1) is 40.1. The van der Waals surface area contributed by atoms with Crippen molar-refractivity contribution in [1.29, 1.82) is 5.26 Å². The molecule has 2 aliphatic heterocycles. The fourth-order valence-corrected chi connectivity index (χ4v) is 9.94. The van der Waals surface area contributed by atoms with Crippen molar-refractivity contribution < 1.29 is 14.3 Å². The molecule has 0 unspecified atom stereocenters. The molecule has 9 rings (SSSR count). The van der Waals surface area contributed by atoms with Gasteiger partial charge in [0.2, 0.25) is 5.95 Å². The standard InChI is InChI=1S/C47H48ClN9O4/c1-46(2)43(47(3,4)44(46)61-34-14-13-29(23-49)38(48)22-34)53-41(58)30-24-51-45(52-25-30)56-19-17-55(18-20-56)32-26-57(27-32)31-9-8-10-33(21-31)60-39-12-7-6-11-35(39)37-28-54(5)42(59)40-36(37)15-16-50-40/h6-16,21-22,24-25,28,32,43-44,50H,17-20,26-27H2,1-5H3,(H,53,58). The van der Waals surface area contributed by atoms with Crippen LogP contribution in [0.4, 0.5) is 11.6 Å². The molecular weight excluding hydrogens is 790 g/mol. The van der Waals surface area contributed by atoms with Gasteiger partial charge in [-0.15, -0.1) is 0 Å². The molecule has 61 heavy (non-hydrogen) atoms. The Morgan fingerprint density at radius 2 is 1.64 bits per heavy atom. The smallest absolute Gasteiger partial charge is 0.274 e. The number of nitrogens with zero attached hydrogens (tertiary/aromatic N) is 7.